The van der Waals surface area contributed by atoms with Crippen molar-refractivity contribution in [3.05, 3.63) is 42.9 Å². The van der Waals surface area contributed by atoms with Crippen LogP contribution in [0.5, 0.6) is 0 Å². The van der Waals surface area contributed by atoms with E-state index in [0.717, 1.165) is 11.3 Å². The van der Waals surface area contributed by atoms with Gasteiger partial charge in [0.1, 0.15) is 0 Å². The molecule has 108 valence electrons. The van der Waals surface area contributed by atoms with Crippen molar-refractivity contribution in [2.45, 2.75) is 48.0 Å². The Balaban J connectivity index is 0. The molecule has 0 N–H and O–H groups in total. The maximum Gasteiger partial charge on any atom is 0.0951 e. The van der Waals surface area contributed by atoms with Crippen molar-refractivity contribution < 1.29 is 0 Å². The SMILES string of the molecule is CC.CC.CCC.Cn1cnc(-c2ccccc2)c1. The van der Waals surface area contributed by atoms with Gasteiger partial charge in [0.25, 0.3) is 0 Å². The molecular formula is C17H30N2. The second-order valence-corrected chi connectivity index (χ2v) is 3.50. The number of aryl methyl sites for hydroxylation is 1. The van der Waals surface area contributed by atoms with Gasteiger partial charge in [-0.15, -0.1) is 0 Å². The zero-order valence-electron chi connectivity index (χ0n) is 13.6. The molecule has 0 fully saturated rings. The first-order chi connectivity index (χ1) is 9.27. The summed E-state index contributed by atoms with van der Waals surface area (Å²) in [4.78, 5) is 4.25. The molecule has 0 unspecified atom stereocenters. The zero-order valence-corrected chi connectivity index (χ0v) is 13.6. The number of benzene rings is 1. The second-order valence-electron chi connectivity index (χ2n) is 3.50. The highest BCUT2D eigenvalue weighted by Gasteiger charge is 1.97. The first-order valence-corrected chi connectivity index (χ1v) is 7.31. The lowest BCUT2D eigenvalue weighted by Gasteiger charge is -1.92. The normalized spacial score (nSPS) is 7.95. The predicted octanol–water partition coefficient (Wildman–Crippen LogP) is 5.56. The first-order valence-electron chi connectivity index (χ1n) is 7.31. The molecule has 1 aromatic heterocycles. The van der Waals surface area contributed by atoms with Crippen LogP contribution in [-0.4, -0.2) is 9.55 Å². The van der Waals surface area contributed by atoms with Crippen LogP contribution in [0, 0.1) is 0 Å². The third-order valence-electron chi connectivity index (χ3n) is 1.77. The molecule has 0 saturated carbocycles. The number of nitrogens with zero attached hydrogens (tertiary/aromatic N) is 2. The van der Waals surface area contributed by atoms with Crippen LogP contribution in [0.1, 0.15) is 48.0 Å². The van der Waals surface area contributed by atoms with Crippen LogP contribution in [-0.2, 0) is 7.05 Å². The molecule has 1 heterocycles. The van der Waals surface area contributed by atoms with Crippen molar-refractivity contribution in [3.63, 3.8) is 0 Å². The number of rotatable bonds is 1. The summed E-state index contributed by atoms with van der Waals surface area (Å²) < 4.78 is 1.95. The third-order valence-corrected chi connectivity index (χ3v) is 1.77. The van der Waals surface area contributed by atoms with Gasteiger partial charge < -0.3 is 4.57 Å². The molecule has 0 aliphatic carbocycles. The Bertz CT molecular complexity index is 377. The van der Waals surface area contributed by atoms with Gasteiger partial charge in [0, 0.05) is 18.8 Å². The molecule has 0 aliphatic heterocycles. The molecule has 0 amide bonds. The van der Waals surface area contributed by atoms with Crippen LogP contribution >= 0.6 is 0 Å². The summed E-state index contributed by atoms with van der Waals surface area (Å²) in [6, 6.07) is 10.2. The monoisotopic (exact) mass is 262 g/mol. The molecule has 0 saturated heterocycles. The Morgan fingerprint density at radius 2 is 1.42 bits per heavy atom. The molecule has 1 aromatic carbocycles. The highest BCUT2D eigenvalue weighted by Crippen LogP contribution is 2.14. The van der Waals surface area contributed by atoms with Crippen LogP contribution in [0.25, 0.3) is 11.3 Å². The van der Waals surface area contributed by atoms with E-state index in [4.69, 9.17) is 0 Å². The van der Waals surface area contributed by atoms with Gasteiger partial charge in [-0.1, -0.05) is 78.3 Å². The highest BCUT2D eigenvalue weighted by atomic mass is 15.0. The van der Waals surface area contributed by atoms with Gasteiger partial charge in [0.15, 0.2) is 0 Å². The average Bonchev–Trinajstić information content (AvgIpc) is 2.92. The van der Waals surface area contributed by atoms with E-state index in [-0.39, 0.29) is 0 Å². The number of aromatic nitrogens is 2. The number of hydrogen-bond donors (Lipinski definition) is 0. The molecule has 2 rings (SSSR count). The highest BCUT2D eigenvalue weighted by molar-refractivity contribution is 5.57. The third kappa shape index (κ3) is 9.06. The van der Waals surface area contributed by atoms with Crippen LogP contribution < -0.4 is 0 Å². The summed E-state index contributed by atoms with van der Waals surface area (Å²) in [5.41, 5.74) is 2.19. The lowest BCUT2D eigenvalue weighted by Crippen LogP contribution is -1.78. The fourth-order valence-corrected chi connectivity index (χ4v) is 1.17. The topological polar surface area (TPSA) is 17.8 Å². The smallest absolute Gasteiger partial charge is 0.0951 e. The van der Waals surface area contributed by atoms with Crippen LogP contribution in [0.3, 0.4) is 0 Å². The van der Waals surface area contributed by atoms with Gasteiger partial charge in [-0.3, -0.25) is 0 Å². The van der Waals surface area contributed by atoms with Crippen molar-refractivity contribution in [2.75, 3.05) is 0 Å². The molecular weight excluding hydrogens is 232 g/mol. The largest absolute Gasteiger partial charge is 0.340 e. The fourth-order valence-electron chi connectivity index (χ4n) is 1.17. The Morgan fingerprint density at radius 3 is 1.79 bits per heavy atom. The van der Waals surface area contributed by atoms with Crippen molar-refractivity contribution >= 4 is 0 Å². The molecule has 0 aliphatic rings. The van der Waals surface area contributed by atoms with Gasteiger partial charge in [-0.05, 0) is 0 Å². The molecule has 2 nitrogen and oxygen atoms in total. The van der Waals surface area contributed by atoms with E-state index >= 15 is 0 Å². The summed E-state index contributed by atoms with van der Waals surface area (Å²) >= 11 is 0. The number of imidazole rings is 1. The predicted molar refractivity (Wildman–Crippen MR) is 87.3 cm³/mol. The number of hydrogen-bond acceptors (Lipinski definition) is 1. The summed E-state index contributed by atoms with van der Waals surface area (Å²) in [6.45, 7) is 12.2. The minimum atomic E-state index is 1.03. The standard InChI is InChI=1S/C10H10N2.C3H8.2C2H6/c1-12-7-10(11-8-12)9-5-3-2-4-6-9;1-3-2;2*1-2/h2-8H,1H3;3H2,1-2H3;2*1-2H3. The van der Waals surface area contributed by atoms with E-state index in [1.165, 1.54) is 6.42 Å². The van der Waals surface area contributed by atoms with Gasteiger partial charge >= 0.3 is 0 Å². The summed E-state index contributed by atoms with van der Waals surface area (Å²) in [6.07, 6.45) is 5.07. The molecule has 0 bridgehead atoms. The van der Waals surface area contributed by atoms with Crippen molar-refractivity contribution in [3.8, 4) is 11.3 Å². The van der Waals surface area contributed by atoms with E-state index in [9.17, 15) is 0 Å². The van der Waals surface area contributed by atoms with Gasteiger partial charge in [0.2, 0.25) is 0 Å². The molecule has 0 spiro atoms. The lowest BCUT2D eigenvalue weighted by molar-refractivity contribution is 0.913. The Labute approximate surface area is 119 Å². The summed E-state index contributed by atoms with van der Waals surface area (Å²) in [5.74, 6) is 0. The minimum Gasteiger partial charge on any atom is -0.340 e. The van der Waals surface area contributed by atoms with Gasteiger partial charge in [-0.25, -0.2) is 4.98 Å². The molecule has 2 aromatic rings. The van der Waals surface area contributed by atoms with Crippen molar-refractivity contribution in [1.82, 2.24) is 9.55 Å². The Hall–Kier alpha value is -1.57. The average molecular weight is 262 g/mol. The second kappa shape index (κ2) is 14.5. The van der Waals surface area contributed by atoms with E-state index < -0.39 is 0 Å². The summed E-state index contributed by atoms with van der Waals surface area (Å²) in [5, 5.41) is 0. The Kier molecular flexibility index (Phi) is 15.1. The molecule has 2 heteroatoms. The van der Waals surface area contributed by atoms with Crippen LogP contribution in [0.2, 0.25) is 0 Å². The zero-order chi connectivity index (χ0) is 15.1. The van der Waals surface area contributed by atoms with Crippen LogP contribution in [0.15, 0.2) is 42.9 Å². The fraction of sp³-hybridized carbons (Fsp3) is 0.471. The van der Waals surface area contributed by atoms with Gasteiger partial charge in [0.05, 0.1) is 12.0 Å². The Morgan fingerprint density at radius 1 is 0.947 bits per heavy atom. The first kappa shape index (κ1) is 19.8. The van der Waals surface area contributed by atoms with E-state index in [2.05, 4.69) is 31.0 Å². The van der Waals surface area contributed by atoms with Crippen molar-refractivity contribution in [2.24, 2.45) is 7.05 Å². The maximum atomic E-state index is 4.25. The lowest BCUT2D eigenvalue weighted by atomic mass is 10.2. The molecule has 0 atom stereocenters. The van der Waals surface area contributed by atoms with E-state index in [0.29, 0.717) is 0 Å². The van der Waals surface area contributed by atoms with E-state index in [1.807, 2.05) is 70.0 Å². The van der Waals surface area contributed by atoms with Gasteiger partial charge in [-0.2, -0.15) is 0 Å². The van der Waals surface area contributed by atoms with E-state index in [1.54, 1.807) is 0 Å². The summed E-state index contributed by atoms with van der Waals surface area (Å²) in [7, 11) is 1.97. The molecule has 19 heavy (non-hydrogen) atoms. The minimum absolute atomic E-state index is 1.03. The molecule has 0 radical (unpaired) electrons. The quantitative estimate of drug-likeness (QED) is 0.658. The maximum absolute atomic E-state index is 4.25. The van der Waals surface area contributed by atoms with Crippen molar-refractivity contribution in [1.29, 1.82) is 0 Å². The van der Waals surface area contributed by atoms with Crippen LogP contribution in [0.4, 0.5) is 0 Å².